The molecule has 6 nitrogen and oxygen atoms in total. The largest absolute Gasteiger partial charge is 0.336 e. The maximum atomic E-state index is 12.9. The number of nitrogens with zero attached hydrogens (tertiary/aromatic N) is 2. The van der Waals surface area contributed by atoms with Crippen molar-refractivity contribution in [3.63, 3.8) is 0 Å². The first-order chi connectivity index (χ1) is 15.0. The van der Waals surface area contributed by atoms with Crippen molar-refractivity contribution in [2.45, 2.75) is 25.7 Å². The van der Waals surface area contributed by atoms with E-state index in [0.29, 0.717) is 48.5 Å². The molecule has 1 N–H and O–H groups in total. The molecule has 1 fully saturated rings. The molecule has 2 aliphatic rings. The fraction of sp³-hybridized carbons (Fsp3) is 0.375. The number of ketones is 1. The average molecular weight is 476 g/mol. The van der Waals surface area contributed by atoms with Crippen LogP contribution in [0.5, 0.6) is 0 Å². The topological polar surface area (TPSA) is 69.7 Å². The van der Waals surface area contributed by atoms with Crippen molar-refractivity contribution in [3.8, 4) is 0 Å². The van der Waals surface area contributed by atoms with Crippen LogP contribution in [0.25, 0.3) is 0 Å². The molecule has 0 saturated carbocycles. The van der Waals surface area contributed by atoms with Crippen molar-refractivity contribution >= 4 is 47.3 Å². The molecule has 4 rings (SSSR count). The SMILES string of the molecule is Cl.O=C1CCc2cc(C(=O)N3CCN(CCCC(=O)c4ccc(Cl)cc4)CC3)ccc2N1. The number of halogens is 2. The summed E-state index contributed by atoms with van der Waals surface area (Å²) in [5.41, 5.74) is 3.21. The molecular weight excluding hydrogens is 449 g/mol. The first kappa shape index (κ1) is 24.2. The quantitative estimate of drug-likeness (QED) is 0.639. The number of rotatable bonds is 6. The van der Waals surface area contributed by atoms with Gasteiger partial charge in [0.2, 0.25) is 5.91 Å². The van der Waals surface area contributed by atoms with Crippen LogP contribution in [-0.2, 0) is 11.2 Å². The molecule has 32 heavy (non-hydrogen) atoms. The van der Waals surface area contributed by atoms with Crippen molar-refractivity contribution in [3.05, 3.63) is 64.2 Å². The van der Waals surface area contributed by atoms with Gasteiger partial charge >= 0.3 is 0 Å². The lowest BCUT2D eigenvalue weighted by molar-refractivity contribution is -0.116. The van der Waals surface area contributed by atoms with Gasteiger partial charge < -0.3 is 10.2 Å². The Balaban J connectivity index is 0.00000289. The van der Waals surface area contributed by atoms with E-state index >= 15 is 0 Å². The van der Waals surface area contributed by atoms with Gasteiger partial charge in [-0.25, -0.2) is 0 Å². The minimum Gasteiger partial charge on any atom is -0.336 e. The molecule has 2 amide bonds. The summed E-state index contributed by atoms with van der Waals surface area (Å²) in [6, 6.07) is 12.5. The summed E-state index contributed by atoms with van der Waals surface area (Å²) in [5.74, 6) is 0.198. The Morgan fingerprint density at radius 3 is 2.34 bits per heavy atom. The van der Waals surface area contributed by atoms with Crippen LogP contribution in [0, 0.1) is 0 Å². The third kappa shape index (κ3) is 5.88. The number of fused-ring (bicyclic) bond motifs is 1. The highest BCUT2D eigenvalue weighted by molar-refractivity contribution is 6.30. The number of hydrogen-bond donors (Lipinski definition) is 1. The minimum absolute atomic E-state index is 0. The zero-order valence-electron chi connectivity index (χ0n) is 17.8. The second-order valence-corrected chi connectivity index (χ2v) is 8.52. The first-order valence-electron chi connectivity index (χ1n) is 10.7. The zero-order valence-corrected chi connectivity index (χ0v) is 19.4. The summed E-state index contributed by atoms with van der Waals surface area (Å²) in [6.45, 7) is 3.82. The fourth-order valence-corrected chi connectivity index (χ4v) is 4.24. The van der Waals surface area contributed by atoms with Crippen LogP contribution in [-0.4, -0.2) is 60.1 Å². The van der Waals surface area contributed by atoms with E-state index in [2.05, 4.69) is 10.2 Å². The Hall–Kier alpha value is -2.41. The van der Waals surface area contributed by atoms with E-state index in [0.717, 1.165) is 37.3 Å². The number of piperazine rings is 1. The molecule has 2 aliphatic heterocycles. The van der Waals surface area contributed by atoms with E-state index in [4.69, 9.17) is 11.6 Å². The number of nitrogens with one attached hydrogen (secondary N) is 1. The molecule has 8 heteroatoms. The summed E-state index contributed by atoms with van der Waals surface area (Å²) in [6.07, 6.45) is 2.44. The van der Waals surface area contributed by atoms with E-state index < -0.39 is 0 Å². The van der Waals surface area contributed by atoms with Gasteiger partial charge in [0.25, 0.3) is 5.91 Å². The van der Waals surface area contributed by atoms with Crippen molar-refractivity contribution in [1.29, 1.82) is 0 Å². The predicted molar refractivity (Wildman–Crippen MR) is 128 cm³/mol. The molecule has 0 spiro atoms. The van der Waals surface area contributed by atoms with Gasteiger partial charge in [-0.15, -0.1) is 12.4 Å². The number of anilines is 1. The lowest BCUT2D eigenvalue weighted by atomic mass is 10.00. The Morgan fingerprint density at radius 1 is 0.938 bits per heavy atom. The normalized spacial score (nSPS) is 16.0. The number of amides is 2. The number of carbonyl (C=O) groups excluding carboxylic acids is 3. The highest BCUT2D eigenvalue weighted by atomic mass is 35.5. The van der Waals surface area contributed by atoms with Gasteiger partial charge in [-0.3, -0.25) is 19.3 Å². The summed E-state index contributed by atoms with van der Waals surface area (Å²) in [7, 11) is 0. The number of benzene rings is 2. The van der Waals surface area contributed by atoms with Crippen LogP contribution in [0.2, 0.25) is 5.02 Å². The molecule has 0 aliphatic carbocycles. The first-order valence-corrected chi connectivity index (χ1v) is 11.1. The average Bonchev–Trinajstić information content (AvgIpc) is 2.79. The standard InChI is InChI=1S/C24H26ClN3O3.ClH/c25-20-7-3-17(4-8-20)22(29)2-1-11-27-12-14-28(15-13-27)24(31)19-5-9-21-18(16-19)6-10-23(30)26-21;/h3-5,7-9,16H,1-2,6,10-15H2,(H,26,30);1H. The molecule has 2 heterocycles. The van der Waals surface area contributed by atoms with Crippen molar-refractivity contribution in [2.24, 2.45) is 0 Å². The van der Waals surface area contributed by atoms with Gasteiger partial charge in [0.15, 0.2) is 5.78 Å². The summed E-state index contributed by atoms with van der Waals surface area (Å²) < 4.78 is 0. The Kier molecular flexibility index (Phi) is 8.29. The molecular formula is C24H27Cl2N3O3. The monoisotopic (exact) mass is 475 g/mol. The second-order valence-electron chi connectivity index (χ2n) is 8.09. The molecule has 170 valence electrons. The van der Waals surface area contributed by atoms with E-state index in [9.17, 15) is 14.4 Å². The Labute approximate surface area is 199 Å². The van der Waals surface area contributed by atoms with Gasteiger partial charge in [-0.1, -0.05) is 11.6 Å². The van der Waals surface area contributed by atoms with Crippen LogP contribution in [0.15, 0.2) is 42.5 Å². The fourth-order valence-electron chi connectivity index (χ4n) is 4.12. The highest BCUT2D eigenvalue weighted by Gasteiger charge is 2.23. The lowest BCUT2D eigenvalue weighted by Gasteiger charge is -2.35. The number of carbonyl (C=O) groups is 3. The van der Waals surface area contributed by atoms with Gasteiger partial charge in [-0.05, 0) is 67.4 Å². The minimum atomic E-state index is 0. The third-order valence-corrected chi connectivity index (χ3v) is 6.20. The number of aryl methyl sites for hydroxylation is 1. The smallest absolute Gasteiger partial charge is 0.253 e. The van der Waals surface area contributed by atoms with Crippen LogP contribution < -0.4 is 5.32 Å². The van der Waals surface area contributed by atoms with E-state index in [-0.39, 0.29) is 30.0 Å². The van der Waals surface area contributed by atoms with Crippen LogP contribution in [0.1, 0.15) is 45.5 Å². The summed E-state index contributed by atoms with van der Waals surface area (Å²) in [4.78, 5) is 40.9. The Bertz CT molecular complexity index is 986. The van der Waals surface area contributed by atoms with Crippen LogP contribution in [0.4, 0.5) is 5.69 Å². The van der Waals surface area contributed by atoms with Crippen molar-refractivity contribution in [1.82, 2.24) is 9.80 Å². The van der Waals surface area contributed by atoms with Crippen molar-refractivity contribution in [2.75, 3.05) is 38.0 Å². The summed E-state index contributed by atoms with van der Waals surface area (Å²) in [5, 5.41) is 3.48. The zero-order chi connectivity index (χ0) is 21.8. The van der Waals surface area contributed by atoms with E-state index in [1.807, 2.05) is 17.0 Å². The molecule has 0 atom stereocenters. The Morgan fingerprint density at radius 2 is 1.62 bits per heavy atom. The molecule has 0 bridgehead atoms. The molecule has 1 saturated heterocycles. The maximum Gasteiger partial charge on any atom is 0.253 e. The van der Waals surface area contributed by atoms with Gasteiger partial charge in [0, 0.05) is 60.9 Å². The maximum absolute atomic E-state index is 12.9. The van der Waals surface area contributed by atoms with Crippen LogP contribution in [0.3, 0.4) is 0 Å². The number of Topliss-reactive ketones (excluding diaryl/α,β-unsaturated/α-hetero) is 1. The van der Waals surface area contributed by atoms with Gasteiger partial charge in [0.05, 0.1) is 0 Å². The summed E-state index contributed by atoms with van der Waals surface area (Å²) >= 11 is 5.87. The van der Waals surface area contributed by atoms with E-state index in [1.54, 1.807) is 30.3 Å². The van der Waals surface area contributed by atoms with Gasteiger partial charge in [-0.2, -0.15) is 0 Å². The third-order valence-electron chi connectivity index (χ3n) is 5.95. The van der Waals surface area contributed by atoms with Gasteiger partial charge in [0.1, 0.15) is 0 Å². The molecule has 0 unspecified atom stereocenters. The number of hydrogen-bond acceptors (Lipinski definition) is 4. The van der Waals surface area contributed by atoms with Crippen LogP contribution >= 0.6 is 24.0 Å². The molecule has 2 aromatic rings. The predicted octanol–water partition coefficient (Wildman–Crippen LogP) is 4.07. The van der Waals surface area contributed by atoms with Crippen molar-refractivity contribution < 1.29 is 14.4 Å². The second kappa shape index (κ2) is 10.9. The molecule has 2 aromatic carbocycles. The van der Waals surface area contributed by atoms with E-state index in [1.165, 1.54) is 0 Å². The molecule has 0 aromatic heterocycles. The molecule has 0 radical (unpaired) electrons. The lowest BCUT2D eigenvalue weighted by Crippen LogP contribution is -2.48. The highest BCUT2D eigenvalue weighted by Crippen LogP contribution is 2.24.